The first kappa shape index (κ1) is 13.3. The van der Waals surface area contributed by atoms with Crippen molar-refractivity contribution < 1.29 is 10.0 Å². The highest BCUT2D eigenvalue weighted by Crippen LogP contribution is 2.28. The minimum absolute atomic E-state index is 0.00255. The second-order valence-corrected chi connectivity index (χ2v) is 4.20. The molecule has 0 bridgehead atoms. The Morgan fingerprint density at radius 2 is 2.21 bits per heavy atom. The summed E-state index contributed by atoms with van der Waals surface area (Å²) in [6.07, 6.45) is 4.14. The van der Waals surface area contributed by atoms with Crippen molar-refractivity contribution in [3.63, 3.8) is 0 Å². The number of pyridine rings is 1. The van der Waals surface area contributed by atoms with Crippen molar-refractivity contribution in [2.75, 3.05) is 18.5 Å². The van der Waals surface area contributed by atoms with Crippen LogP contribution < -0.4 is 5.32 Å². The molecule has 2 aromatic rings. The van der Waals surface area contributed by atoms with Crippen LogP contribution >= 0.6 is 0 Å². The average molecular weight is 264 g/mol. The minimum Gasteiger partial charge on any atom is -0.396 e. The Balaban J connectivity index is 2.13. The molecule has 0 radical (unpaired) electrons. The molecule has 0 atom stereocenters. The lowest BCUT2D eigenvalue weighted by Crippen LogP contribution is -2.04. The fourth-order valence-corrected chi connectivity index (χ4v) is 1.91. The van der Waals surface area contributed by atoms with E-state index in [-0.39, 0.29) is 12.3 Å². The van der Waals surface area contributed by atoms with Crippen molar-refractivity contribution in [3.05, 3.63) is 34.5 Å². The molecule has 0 fully saturated rings. The van der Waals surface area contributed by atoms with Crippen molar-refractivity contribution in [2.24, 2.45) is 0 Å². The molecular weight excluding hydrogens is 248 g/mol. The van der Waals surface area contributed by atoms with Crippen LogP contribution in [-0.4, -0.2) is 32.8 Å². The monoisotopic (exact) mass is 264 g/mol. The van der Waals surface area contributed by atoms with E-state index in [1.807, 2.05) is 0 Å². The highest BCUT2D eigenvalue weighted by Gasteiger charge is 2.22. The lowest BCUT2D eigenvalue weighted by molar-refractivity contribution is -0.382. The predicted molar refractivity (Wildman–Crippen MR) is 71.3 cm³/mol. The molecule has 0 aliphatic rings. The third-order valence-electron chi connectivity index (χ3n) is 2.82. The minimum atomic E-state index is -0.418. The Morgan fingerprint density at radius 1 is 1.37 bits per heavy atom. The molecule has 0 aromatic carbocycles. The summed E-state index contributed by atoms with van der Waals surface area (Å²) in [4.78, 5) is 10.7. The number of fused-ring (bicyclic) bond motifs is 1. The molecule has 2 rings (SSSR count). The Hall–Kier alpha value is -2.15. The first-order valence-corrected chi connectivity index (χ1v) is 6.20. The largest absolute Gasteiger partial charge is 0.396 e. The maximum absolute atomic E-state index is 11.1. The Kier molecular flexibility index (Phi) is 4.30. The van der Waals surface area contributed by atoms with Gasteiger partial charge in [0.05, 0.1) is 4.92 Å². The topological polar surface area (TPSA) is 92.7 Å². The van der Waals surface area contributed by atoms with E-state index < -0.39 is 4.92 Å². The Labute approximate surface area is 110 Å². The molecule has 2 N–H and O–H groups in total. The van der Waals surface area contributed by atoms with Crippen molar-refractivity contribution >= 4 is 17.0 Å². The van der Waals surface area contributed by atoms with E-state index >= 15 is 0 Å². The normalized spacial score (nSPS) is 10.8. The summed E-state index contributed by atoms with van der Waals surface area (Å²) < 4.78 is 1.49. The third-order valence-corrected chi connectivity index (χ3v) is 2.82. The summed E-state index contributed by atoms with van der Waals surface area (Å²) in [6, 6.07) is 5.19. The number of anilines is 1. The van der Waals surface area contributed by atoms with Crippen LogP contribution in [0.3, 0.4) is 0 Å². The Bertz CT molecular complexity index is 567. The third kappa shape index (κ3) is 3.00. The maximum Gasteiger partial charge on any atom is 0.338 e. The number of nitrogens with one attached hydrogen (secondary N) is 1. The molecule has 0 unspecified atom stereocenters. The smallest absolute Gasteiger partial charge is 0.338 e. The molecule has 7 nitrogen and oxygen atoms in total. The summed E-state index contributed by atoms with van der Waals surface area (Å²) in [7, 11) is 0. The van der Waals surface area contributed by atoms with Crippen LogP contribution in [0.25, 0.3) is 5.52 Å². The summed E-state index contributed by atoms with van der Waals surface area (Å²) in [5.74, 6) is 0.292. The van der Waals surface area contributed by atoms with Gasteiger partial charge in [0.25, 0.3) is 0 Å². The standard InChI is InChI=1S/C12H16N4O3/c17-9-5-1-3-7-13-12-11(16(18)19)10-6-2-4-8-15(10)14-12/h2,4,6,8,17H,1,3,5,7,9H2,(H,13,14). The molecule has 0 aliphatic carbocycles. The molecule has 2 heterocycles. The highest BCUT2D eigenvalue weighted by molar-refractivity contribution is 5.76. The number of unbranched alkanes of at least 4 members (excludes halogenated alkanes) is 2. The zero-order chi connectivity index (χ0) is 13.7. The molecule has 2 aromatic heterocycles. The first-order chi connectivity index (χ1) is 9.24. The van der Waals surface area contributed by atoms with E-state index in [2.05, 4.69) is 10.4 Å². The Morgan fingerprint density at radius 3 is 2.95 bits per heavy atom. The summed E-state index contributed by atoms with van der Waals surface area (Å²) in [5, 5.41) is 26.9. The maximum atomic E-state index is 11.1. The number of nitro groups is 1. The van der Waals surface area contributed by atoms with E-state index in [0.717, 1.165) is 19.3 Å². The molecule has 19 heavy (non-hydrogen) atoms. The van der Waals surface area contributed by atoms with Gasteiger partial charge in [-0.2, -0.15) is 0 Å². The van der Waals surface area contributed by atoms with Crippen LogP contribution in [0.4, 0.5) is 11.5 Å². The molecule has 7 heteroatoms. The lowest BCUT2D eigenvalue weighted by Gasteiger charge is -2.01. The van der Waals surface area contributed by atoms with Gasteiger partial charge in [-0.3, -0.25) is 10.1 Å². The quantitative estimate of drug-likeness (QED) is 0.452. The second-order valence-electron chi connectivity index (χ2n) is 4.20. The SMILES string of the molecule is O=[N+]([O-])c1c(NCCCCCO)nn2ccccc12. The van der Waals surface area contributed by atoms with Crippen molar-refractivity contribution in [3.8, 4) is 0 Å². The average Bonchev–Trinajstić information content (AvgIpc) is 2.76. The molecule has 0 saturated carbocycles. The van der Waals surface area contributed by atoms with E-state index in [0.29, 0.717) is 17.9 Å². The number of aromatic nitrogens is 2. The van der Waals surface area contributed by atoms with Crippen LogP contribution in [0.5, 0.6) is 0 Å². The fourth-order valence-electron chi connectivity index (χ4n) is 1.91. The molecule has 0 spiro atoms. The van der Waals surface area contributed by atoms with E-state index in [1.54, 1.807) is 24.4 Å². The number of rotatable bonds is 7. The van der Waals surface area contributed by atoms with Gasteiger partial charge in [-0.15, -0.1) is 5.10 Å². The molecule has 0 amide bonds. The van der Waals surface area contributed by atoms with Gasteiger partial charge >= 0.3 is 5.69 Å². The van der Waals surface area contributed by atoms with Gasteiger partial charge in [-0.05, 0) is 31.4 Å². The van der Waals surface area contributed by atoms with Crippen LogP contribution in [0.1, 0.15) is 19.3 Å². The van der Waals surface area contributed by atoms with Gasteiger partial charge < -0.3 is 10.4 Å². The van der Waals surface area contributed by atoms with Crippen LogP contribution in [0, 0.1) is 10.1 Å². The van der Waals surface area contributed by atoms with Gasteiger partial charge in [0.15, 0.2) is 0 Å². The van der Waals surface area contributed by atoms with Crippen LogP contribution in [-0.2, 0) is 0 Å². The summed E-state index contributed by atoms with van der Waals surface area (Å²) in [6.45, 7) is 0.777. The van der Waals surface area contributed by atoms with E-state index in [9.17, 15) is 10.1 Å². The van der Waals surface area contributed by atoms with Gasteiger partial charge in [0, 0.05) is 19.3 Å². The van der Waals surface area contributed by atoms with Gasteiger partial charge in [0.1, 0.15) is 5.52 Å². The van der Waals surface area contributed by atoms with Crippen molar-refractivity contribution in [1.82, 2.24) is 9.61 Å². The molecule has 0 aliphatic heterocycles. The second kappa shape index (κ2) is 6.14. The molecule has 0 saturated heterocycles. The fraction of sp³-hybridized carbons (Fsp3) is 0.417. The van der Waals surface area contributed by atoms with E-state index in [4.69, 9.17) is 5.11 Å². The summed E-state index contributed by atoms with van der Waals surface area (Å²) >= 11 is 0. The molecular formula is C12H16N4O3. The highest BCUT2D eigenvalue weighted by atomic mass is 16.6. The van der Waals surface area contributed by atoms with Gasteiger partial charge in [-0.1, -0.05) is 6.07 Å². The lowest BCUT2D eigenvalue weighted by atomic mass is 10.2. The van der Waals surface area contributed by atoms with Crippen LogP contribution in [0.2, 0.25) is 0 Å². The zero-order valence-corrected chi connectivity index (χ0v) is 10.5. The first-order valence-electron chi connectivity index (χ1n) is 6.20. The predicted octanol–water partition coefficient (Wildman–Crippen LogP) is 1.82. The molecule has 102 valence electrons. The van der Waals surface area contributed by atoms with Gasteiger partial charge in [0.2, 0.25) is 5.82 Å². The van der Waals surface area contributed by atoms with Crippen molar-refractivity contribution in [2.45, 2.75) is 19.3 Å². The van der Waals surface area contributed by atoms with Gasteiger partial charge in [-0.25, -0.2) is 4.52 Å². The van der Waals surface area contributed by atoms with Crippen LogP contribution in [0.15, 0.2) is 24.4 Å². The number of aliphatic hydroxyl groups excluding tert-OH is 1. The van der Waals surface area contributed by atoms with Crippen molar-refractivity contribution in [1.29, 1.82) is 0 Å². The zero-order valence-electron chi connectivity index (χ0n) is 10.5. The number of hydrogen-bond donors (Lipinski definition) is 2. The number of aliphatic hydroxyl groups is 1. The number of nitrogens with zero attached hydrogens (tertiary/aromatic N) is 3. The summed E-state index contributed by atoms with van der Waals surface area (Å²) in [5.41, 5.74) is 0.480. The number of hydrogen-bond acceptors (Lipinski definition) is 5. The van der Waals surface area contributed by atoms with E-state index in [1.165, 1.54) is 4.52 Å².